The standard InChI is InChI=1S/C15H28N2O2/c18-15(13-6-5-11-19-12-13)17-10-9-16-14-7-3-1-2-4-8-14/h13-14,16H,1-12H2,(H,17,18)/t13-/m0/s1. The molecule has 4 nitrogen and oxygen atoms in total. The highest BCUT2D eigenvalue weighted by atomic mass is 16.5. The van der Waals surface area contributed by atoms with Crippen LogP contribution in [0, 0.1) is 5.92 Å². The van der Waals surface area contributed by atoms with E-state index >= 15 is 0 Å². The van der Waals surface area contributed by atoms with E-state index in [1.54, 1.807) is 0 Å². The SMILES string of the molecule is O=C(NCCNC1CCCCCC1)[C@H]1CCCOC1. The van der Waals surface area contributed by atoms with E-state index in [-0.39, 0.29) is 11.8 Å². The molecule has 19 heavy (non-hydrogen) atoms. The predicted molar refractivity (Wildman–Crippen MR) is 76.0 cm³/mol. The van der Waals surface area contributed by atoms with Crippen LogP contribution in [0.1, 0.15) is 51.4 Å². The van der Waals surface area contributed by atoms with Crippen LogP contribution in [0.3, 0.4) is 0 Å². The molecule has 1 aliphatic heterocycles. The molecule has 0 aromatic rings. The van der Waals surface area contributed by atoms with Gasteiger partial charge in [0.15, 0.2) is 0 Å². The topological polar surface area (TPSA) is 50.4 Å². The van der Waals surface area contributed by atoms with Gasteiger partial charge in [0.2, 0.25) is 5.91 Å². The van der Waals surface area contributed by atoms with Crippen molar-refractivity contribution < 1.29 is 9.53 Å². The minimum Gasteiger partial charge on any atom is -0.381 e. The molecule has 1 heterocycles. The molecule has 1 atom stereocenters. The van der Waals surface area contributed by atoms with Crippen molar-refractivity contribution in [2.75, 3.05) is 26.3 Å². The third-order valence-corrected chi connectivity index (χ3v) is 4.24. The lowest BCUT2D eigenvalue weighted by Crippen LogP contribution is -2.40. The molecule has 4 heteroatoms. The van der Waals surface area contributed by atoms with Gasteiger partial charge in [-0.25, -0.2) is 0 Å². The Bertz CT molecular complexity index is 257. The first-order valence-electron chi connectivity index (χ1n) is 7.95. The second-order valence-electron chi connectivity index (χ2n) is 5.85. The Morgan fingerprint density at radius 3 is 2.47 bits per heavy atom. The number of nitrogens with one attached hydrogen (secondary N) is 2. The van der Waals surface area contributed by atoms with E-state index in [0.717, 1.165) is 32.5 Å². The monoisotopic (exact) mass is 268 g/mol. The van der Waals surface area contributed by atoms with Crippen LogP contribution < -0.4 is 10.6 Å². The Labute approximate surface area is 116 Å². The maximum absolute atomic E-state index is 11.9. The average molecular weight is 268 g/mol. The molecule has 2 N–H and O–H groups in total. The molecule has 0 unspecified atom stereocenters. The second-order valence-corrected chi connectivity index (χ2v) is 5.85. The van der Waals surface area contributed by atoms with Crippen molar-refractivity contribution in [3.8, 4) is 0 Å². The molecule has 0 spiro atoms. The first-order valence-corrected chi connectivity index (χ1v) is 7.95. The Kier molecular flexibility index (Phi) is 6.65. The molecule has 1 saturated carbocycles. The van der Waals surface area contributed by atoms with Gasteiger partial charge in [0.25, 0.3) is 0 Å². The summed E-state index contributed by atoms with van der Waals surface area (Å²) in [6.07, 6.45) is 10.1. The predicted octanol–water partition coefficient (Wildman–Crippen LogP) is 1.84. The van der Waals surface area contributed by atoms with Crippen molar-refractivity contribution >= 4 is 5.91 Å². The van der Waals surface area contributed by atoms with Crippen LogP contribution >= 0.6 is 0 Å². The molecule has 1 amide bonds. The minimum absolute atomic E-state index is 0.0756. The largest absolute Gasteiger partial charge is 0.381 e. The van der Waals surface area contributed by atoms with E-state index in [4.69, 9.17) is 4.74 Å². The minimum atomic E-state index is 0.0756. The molecule has 110 valence electrons. The third kappa shape index (κ3) is 5.49. The van der Waals surface area contributed by atoms with E-state index in [9.17, 15) is 4.79 Å². The van der Waals surface area contributed by atoms with Crippen molar-refractivity contribution in [3.63, 3.8) is 0 Å². The van der Waals surface area contributed by atoms with Crippen molar-refractivity contribution in [2.45, 2.75) is 57.4 Å². The number of amides is 1. The highest BCUT2D eigenvalue weighted by Gasteiger charge is 2.21. The van der Waals surface area contributed by atoms with Crippen LogP contribution in [0.4, 0.5) is 0 Å². The van der Waals surface area contributed by atoms with Gasteiger partial charge in [-0.3, -0.25) is 4.79 Å². The summed E-state index contributed by atoms with van der Waals surface area (Å²) in [4.78, 5) is 11.9. The van der Waals surface area contributed by atoms with Crippen LogP contribution in [0.5, 0.6) is 0 Å². The second kappa shape index (κ2) is 8.54. The Morgan fingerprint density at radius 1 is 1.00 bits per heavy atom. The van der Waals surface area contributed by atoms with Gasteiger partial charge in [0.1, 0.15) is 0 Å². The Balaban J connectivity index is 1.54. The third-order valence-electron chi connectivity index (χ3n) is 4.24. The van der Waals surface area contributed by atoms with E-state index in [2.05, 4.69) is 10.6 Å². The fraction of sp³-hybridized carbons (Fsp3) is 0.933. The summed E-state index contributed by atoms with van der Waals surface area (Å²) >= 11 is 0. The van der Waals surface area contributed by atoms with Crippen LogP contribution in [-0.2, 0) is 9.53 Å². The number of carbonyl (C=O) groups excluding carboxylic acids is 1. The molecule has 1 saturated heterocycles. The molecular formula is C15H28N2O2. The highest BCUT2D eigenvalue weighted by molar-refractivity contribution is 5.78. The molecule has 0 bridgehead atoms. The fourth-order valence-electron chi connectivity index (χ4n) is 3.04. The lowest BCUT2D eigenvalue weighted by Gasteiger charge is -2.22. The van der Waals surface area contributed by atoms with Crippen LogP contribution in [0.25, 0.3) is 0 Å². The van der Waals surface area contributed by atoms with Crippen molar-refractivity contribution in [1.82, 2.24) is 10.6 Å². The van der Waals surface area contributed by atoms with Crippen molar-refractivity contribution in [1.29, 1.82) is 0 Å². The lowest BCUT2D eigenvalue weighted by atomic mass is 10.0. The summed E-state index contributed by atoms with van der Waals surface area (Å²) in [7, 11) is 0. The van der Waals surface area contributed by atoms with E-state index in [1.807, 2.05) is 0 Å². The fourth-order valence-corrected chi connectivity index (χ4v) is 3.04. The first kappa shape index (κ1) is 14.8. The normalized spacial score (nSPS) is 25.8. The summed E-state index contributed by atoms with van der Waals surface area (Å²) in [6.45, 7) is 3.05. The number of carbonyl (C=O) groups is 1. The van der Waals surface area contributed by atoms with Crippen molar-refractivity contribution in [3.05, 3.63) is 0 Å². The molecule has 1 aliphatic carbocycles. The van der Waals surface area contributed by atoms with Crippen LogP contribution in [0.15, 0.2) is 0 Å². The summed E-state index contributed by atoms with van der Waals surface area (Å²) in [5.41, 5.74) is 0. The summed E-state index contributed by atoms with van der Waals surface area (Å²) < 4.78 is 5.34. The molecule has 2 aliphatic rings. The smallest absolute Gasteiger partial charge is 0.225 e. The number of ether oxygens (including phenoxy) is 1. The number of hydrogen-bond donors (Lipinski definition) is 2. The van der Waals surface area contributed by atoms with Gasteiger partial charge in [-0.2, -0.15) is 0 Å². The average Bonchev–Trinajstić information content (AvgIpc) is 2.73. The zero-order chi connectivity index (χ0) is 13.3. The number of hydrogen-bond acceptors (Lipinski definition) is 3. The van der Waals surface area contributed by atoms with Crippen LogP contribution in [-0.4, -0.2) is 38.3 Å². The van der Waals surface area contributed by atoms with Gasteiger partial charge in [-0.1, -0.05) is 25.7 Å². The molecule has 2 rings (SSSR count). The van der Waals surface area contributed by atoms with Gasteiger partial charge in [-0.05, 0) is 25.7 Å². The Morgan fingerprint density at radius 2 is 1.79 bits per heavy atom. The van der Waals surface area contributed by atoms with Gasteiger partial charge < -0.3 is 15.4 Å². The highest BCUT2D eigenvalue weighted by Crippen LogP contribution is 2.17. The van der Waals surface area contributed by atoms with Crippen molar-refractivity contribution in [2.24, 2.45) is 5.92 Å². The maximum atomic E-state index is 11.9. The molecule has 0 radical (unpaired) electrons. The van der Waals surface area contributed by atoms with E-state index in [0.29, 0.717) is 12.6 Å². The maximum Gasteiger partial charge on any atom is 0.225 e. The van der Waals surface area contributed by atoms with Crippen LogP contribution in [0.2, 0.25) is 0 Å². The zero-order valence-electron chi connectivity index (χ0n) is 12.0. The zero-order valence-corrected chi connectivity index (χ0v) is 12.0. The van der Waals surface area contributed by atoms with E-state index < -0.39 is 0 Å². The molecule has 0 aromatic carbocycles. The molecular weight excluding hydrogens is 240 g/mol. The Hall–Kier alpha value is -0.610. The molecule has 2 fully saturated rings. The lowest BCUT2D eigenvalue weighted by molar-refractivity contribution is -0.128. The quantitative estimate of drug-likeness (QED) is 0.591. The van der Waals surface area contributed by atoms with E-state index in [1.165, 1.54) is 38.5 Å². The summed E-state index contributed by atoms with van der Waals surface area (Å²) in [5.74, 6) is 0.244. The summed E-state index contributed by atoms with van der Waals surface area (Å²) in [5, 5.41) is 6.60. The van der Waals surface area contributed by atoms with Gasteiger partial charge in [0, 0.05) is 25.7 Å². The number of rotatable bonds is 5. The first-order chi connectivity index (χ1) is 9.36. The van der Waals surface area contributed by atoms with Gasteiger partial charge in [0.05, 0.1) is 12.5 Å². The molecule has 0 aromatic heterocycles. The summed E-state index contributed by atoms with van der Waals surface area (Å²) in [6, 6.07) is 0.664. The van der Waals surface area contributed by atoms with Gasteiger partial charge >= 0.3 is 0 Å². The van der Waals surface area contributed by atoms with Gasteiger partial charge in [-0.15, -0.1) is 0 Å².